The molecule has 32 heavy (non-hydrogen) atoms. The molecule has 0 radical (unpaired) electrons. The van der Waals surface area contributed by atoms with Gasteiger partial charge in [-0.2, -0.15) is 13.2 Å². The lowest BCUT2D eigenvalue weighted by Gasteiger charge is -2.15. The van der Waals surface area contributed by atoms with Crippen LogP contribution in [0.4, 0.5) is 24.5 Å². The Morgan fingerprint density at radius 1 is 1.09 bits per heavy atom. The predicted molar refractivity (Wildman–Crippen MR) is 116 cm³/mol. The van der Waals surface area contributed by atoms with Gasteiger partial charge < -0.3 is 5.73 Å². The van der Waals surface area contributed by atoms with Gasteiger partial charge in [-0.3, -0.25) is 9.52 Å². The van der Waals surface area contributed by atoms with Crippen molar-refractivity contribution in [2.75, 3.05) is 10.5 Å². The normalized spacial score (nSPS) is 11.9. The zero-order valence-electron chi connectivity index (χ0n) is 16.2. The van der Waals surface area contributed by atoms with Crippen LogP contribution >= 0.6 is 23.2 Å². The number of carbonyl (C=O) groups excluding carboxylic acids is 1. The first kappa shape index (κ1) is 23.8. The van der Waals surface area contributed by atoms with Gasteiger partial charge >= 0.3 is 6.18 Å². The summed E-state index contributed by atoms with van der Waals surface area (Å²) in [5.41, 5.74) is 4.83. The number of aryl methyl sites for hydroxylation is 1. The van der Waals surface area contributed by atoms with Crippen LogP contribution in [-0.4, -0.2) is 19.2 Å². The van der Waals surface area contributed by atoms with Crippen LogP contribution in [0.1, 0.15) is 27.2 Å². The van der Waals surface area contributed by atoms with Crippen LogP contribution in [0.3, 0.4) is 0 Å². The Morgan fingerprint density at radius 2 is 1.78 bits per heavy atom. The number of ketones is 1. The number of alkyl halides is 3. The summed E-state index contributed by atoms with van der Waals surface area (Å²) in [6, 6.07) is 7.84. The first-order chi connectivity index (χ1) is 14.8. The maximum atomic E-state index is 13.1. The van der Waals surface area contributed by atoms with Crippen LogP contribution in [0.2, 0.25) is 10.0 Å². The van der Waals surface area contributed by atoms with E-state index in [4.69, 9.17) is 28.9 Å². The number of rotatable bonds is 5. The van der Waals surface area contributed by atoms with Crippen molar-refractivity contribution in [3.8, 4) is 0 Å². The molecule has 0 amide bonds. The lowest BCUT2D eigenvalue weighted by molar-refractivity contribution is -0.137. The van der Waals surface area contributed by atoms with E-state index in [-0.39, 0.29) is 22.0 Å². The van der Waals surface area contributed by atoms with Gasteiger partial charge in [0.15, 0.2) is 0 Å². The summed E-state index contributed by atoms with van der Waals surface area (Å²) in [5, 5.41) is -0.662. The molecule has 0 fully saturated rings. The summed E-state index contributed by atoms with van der Waals surface area (Å²) in [4.78, 5) is 16.3. The topological polar surface area (TPSA) is 102 Å². The number of hydrogen-bond donors (Lipinski definition) is 2. The number of aromatic nitrogens is 1. The first-order valence-electron chi connectivity index (χ1n) is 8.75. The number of hydrogen-bond acceptors (Lipinski definition) is 5. The van der Waals surface area contributed by atoms with Crippen molar-refractivity contribution in [3.05, 3.63) is 81.1 Å². The number of halogens is 5. The molecule has 1 aromatic heterocycles. The van der Waals surface area contributed by atoms with Crippen molar-refractivity contribution in [1.29, 1.82) is 0 Å². The fourth-order valence-corrected chi connectivity index (χ4v) is 4.27. The zero-order chi connectivity index (χ0) is 23.8. The standard InChI is InChI=1S/C20H14Cl2F3N3O3S/c1-10-2-3-12(26)7-14(10)19(29)18-17(6-11(21)9-27-18)28-32(30,31)13-4-5-16(22)15(8-13)20(23,24)25/h2-9,28H,26H2,1H3. The second-order valence-corrected chi connectivity index (χ2v) is 9.22. The molecule has 168 valence electrons. The van der Waals surface area contributed by atoms with Gasteiger partial charge in [-0.1, -0.05) is 29.3 Å². The minimum absolute atomic E-state index is 0.00404. The molecule has 6 nitrogen and oxygen atoms in total. The highest BCUT2D eigenvalue weighted by molar-refractivity contribution is 7.92. The highest BCUT2D eigenvalue weighted by Crippen LogP contribution is 2.36. The molecule has 3 rings (SSSR count). The Kier molecular flexibility index (Phi) is 6.41. The van der Waals surface area contributed by atoms with Gasteiger partial charge in [0.1, 0.15) is 5.69 Å². The fourth-order valence-electron chi connectivity index (χ4n) is 2.80. The molecule has 0 aliphatic carbocycles. The van der Waals surface area contributed by atoms with E-state index >= 15 is 0 Å². The van der Waals surface area contributed by atoms with Crippen LogP contribution in [-0.2, 0) is 16.2 Å². The van der Waals surface area contributed by atoms with Crippen molar-refractivity contribution in [2.45, 2.75) is 18.0 Å². The number of sulfonamides is 1. The molecule has 0 unspecified atom stereocenters. The molecule has 2 aromatic carbocycles. The van der Waals surface area contributed by atoms with E-state index < -0.39 is 37.5 Å². The Morgan fingerprint density at radius 3 is 2.44 bits per heavy atom. The molecule has 12 heteroatoms. The second kappa shape index (κ2) is 8.61. The number of pyridine rings is 1. The van der Waals surface area contributed by atoms with Gasteiger partial charge in [-0.15, -0.1) is 0 Å². The van der Waals surface area contributed by atoms with Gasteiger partial charge in [0.2, 0.25) is 5.78 Å². The third-order valence-corrected chi connectivity index (χ3v) is 6.27. The number of benzene rings is 2. The number of nitrogens with two attached hydrogens (primary N) is 1. The molecule has 0 aliphatic heterocycles. The molecule has 3 N–H and O–H groups in total. The van der Waals surface area contributed by atoms with Crippen molar-refractivity contribution in [1.82, 2.24) is 4.98 Å². The molecule has 0 atom stereocenters. The van der Waals surface area contributed by atoms with Gasteiger partial charge in [-0.05, 0) is 48.9 Å². The van der Waals surface area contributed by atoms with Crippen molar-refractivity contribution < 1.29 is 26.4 Å². The highest BCUT2D eigenvalue weighted by Gasteiger charge is 2.34. The number of carbonyl (C=O) groups is 1. The first-order valence-corrected chi connectivity index (χ1v) is 11.0. The maximum Gasteiger partial charge on any atom is 0.417 e. The Balaban J connectivity index is 2.07. The highest BCUT2D eigenvalue weighted by atomic mass is 35.5. The SMILES string of the molecule is Cc1ccc(N)cc1C(=O)c1ncc(Cl)cc1NS(=O)(=O)c1ccc(Cl)c(C(F)(F)F)c1. The van der Waals surface area contributed by atoms with Crippen molar-refractivity contribution in [2.24, 2.45) is 0 Å². The second-order valence-electron chi connectivity index (χ2n) is 6.70. The van der Waals surface area contributed by atoms with E-state index in [0.29, 0.717) is 17.3 Å². The average molecular weight is 504 g/mol. The van der Waals surface area contributed by atoms with Crippen molar-refractivity contribution >= 4 is 50.4 Å². The van der Waals surface area contributed by atoms with Gasteiger partial charge in [0.05, 0.1) is 26.2 Å². The molecular weight excluding hydrogens is 490 g/mol. The van der Waals surface area contributed by atoms with Crippen LogP contribution in [0, 0.1) is 6.92 Å². The summed E-state index contributed by atoms with van der Waals surface area (Å²) < 4.78 is 67.1. The van der Waals surface area contributed by atoms with Gasteiger partial charge in [0, 0.05) is 17.4 Å². The number of nitrogens with one attached hydrogen (secondary N) is 1. The van der Waals surface area contributed by atoms with E-state index in [1.54, 1.807) is 19.1 Å². The Labute approximate surface area is 191 Å². The van der Waals surface area contributed by atoms with E-state index in [0.717, 1.165) is 24.4 Å². The summed E-state index contributed by atoms with van der Waals surface area (Å²) in [6.07, 6.45) is -3.73. The van der Waals surface area contributed by atoms with Crippen LogP contribution in [0.15, 0.2) is 53.6 Å². The lowest BCUT2D eigenvalue weighted by atomic mass is 10.0. The molecule has 0 spiro atoms. The van der Waals surface area contributed by atoms with E-state index in [2.05, 4.69) is 9.71 Å². The van der Waals surface area contributed by atoms with Crippen LogP contribution in [0.5, 0.6) is 0 Å². The maximum absolute atomic E-state index is 13.1. The smallest absolute Gasteiger partial charge is 0.399 e. The quantitative estimate of drug-likeness (QED) is 0.361. The molecule has 0 bridgehead atoms. The Hall–Kier alpha value is -2.82. The molecule has 0 aliphatic rings. The van der Waals surface area contributed by atoms with Crippen LogP contribution in [0.25, 0.3) is 0 Å². The average Bonchev–Trinajstić information content (AvgIpc) is 2.68. The minimum Gasteiger partial charge on any atom is -0.399 e. The summed E-state index contributed by atoms with van der Waals surface area (Å²) in [5.74, 6) is -0.656. The summed E-state index contributed by atoms with van der Waals surface area (Å²) >= 11 is 11.5. The Bertz CT molecular complexity index is 1330. The molecule has 0 saturated heterocycles. The molecule has 0 saturated carbocycles. The third-order valence-electron chi connectivity index (χ3n) is 4.37. The van der Waals surface area contributed by atoms with E-state index in [1.165, 1.54) is 6.07 Å². The van der Waals surface area contributed by atoms with Gasteiger partial charge in [0.25, 0.3) is 10.0 Å². The zero-order valence-corrected chi connectivity index (χ0v) is 18.5. The molecule has 3 aromatic rings. The predicted octanol–water partition coefficient (Wildman–Crippen LogP) is 5.33. The largest absolute Gasteiger partial charge is 0.417 e. The number of nitrogen functional groups attached to an aromatic ring is 1. The monoisotopic (exact) mass is 503 g/mol. The lowest BCUT2D eigenvalue weighted by Crippen LogP contribution is -2.18. The fraction of sp³-hybridized carbons (Fsp3) is 0.100. The summed E-state index contributed by atoms with van der Waals surface area (Å²) in [6.45, 7) is 1.65. The number of anilines is 2. The van der Waals surface area contributed by atoms with Crippen LogP contribution < -0.4 is 10.5 Å². The van der Waals surface area contributed by atoms with Crippen molar-refractivity contribution in [3.63, 3.8) is 0 Å². The minimum atomic E-state index is -4.87. The molecule has 1 heterocycles. The third kappa shape index (κ3) is 4.98. The molecular formula is C20H14Cl2F3N3O3S. The van der Waals surface area contributed by atoms with Gasteiger partial charge in [-0.25, -0.2) is 13.4 Å². The summed E-state index contributed by atoms with van der Waals surface area (Å²) in [7, 11) is -4.57. The number of nitrogens with zero attached hydrogens (tertiary/aromatic N) is 1. The van der Waals surface area contributed by atoms with E-state index in [1.807, 2.05) is 0 Å². The van der Waals surface area contributed by atoms with E-state index in [9.17, 15) is 26.4 Å².